The molecule has 3 aromatic rings. The van der Waals surface area contributed by atoms with Gasteiger partial charge >= 0.3 is 0 Å². The highest BCUT2D eigenvalue weighted by Crippen LogP contribution is 2.39. The molecular weight excluding hydrogens is 368 g/mol. The van der Waals surface area contributed by atoms with Crippen molar-refractivity contribution in [2.45, 2.75) is 26.9 Å². The highest BCUT2D eigenvalue weighted by molar-refractivity contribution is 5.55. The summed E-state index contributed by atoms with van der Waals surface area (Å²) in [5.74, 6) is 2.21. The van der Waals surface area contributed by atoms with Crippen molar-refractivity contribution < 1.29 is 14.2 Å². The maximum atomic E-state index is 5.96. The molecule has 0 fully saturated rings. The molecule has 0 saturated heterocycles. The number of rotatable bonds is 7. The van der Waals surface area contributed by atoms with Crippen molar-refractivity contribution in [1.82, 2.24) is 9.97 Å². The van der Waals surface area contributed by atoms with Gasteiger partial charge in [-0.25, -0.2) is 4.98 Å². The predicted octanol–water partition coefficient (Wildman–Crippen LogP) is 3.85. The Kier molecular flexibility index (Phi) is 8.09. The molecule has 0 radical (unpaired) electrons. The van der Waals surface area contributed by atoms with E-state index in [2.05, 4.69) is 9.97 Å². The van der Waals surface area contributed by atoms with Crippen LogP contribution in [0.1, 0.15) is 30.5 Å². The minimum atomic E-state index is 0.149. The third-order valence-electron chi connectivity index (χ3n) is 4.06. The summed E-state index contributed by atoms with van der Waals surface area (Å²) in [6.07, 6.45) is 2.13. The minimum Gasteiger partial charge on any atom is -0.493 e. The van der Waals surface area contributed by atoms with Crippen molar-refractivity contribution >= 4 is 11.8 Å². The van der Waals surface area contributed by atoms with Crippen LogP contribution in [0.15, 0.2) is 48.7 Å². The van der Waals surface area contributed by atoms with Gasteiger partial charge in [-0.3, -0.25) is 0 Å². The number of nitrogen functional groups attached to an aromatic ring is 2. The van der Waals surface area contributed by atoms with E-state index in [4.69, 9.17) is 25.7 Å². The maximum absolute atomic E-state index is 5.96. The van der Waals surface area contributed by atoms with Crippen molar-refractivity contribution in [3.05, 3.63) is 65.4 Å². The Morgan fingerprint density at radius 1 is 0.897 bits per heavy atom. The Morgan fingerprint density at radius 3 is 2.07 bits per heavy atom. The molecule has 0 amide bonds. The minimum absolute atomic E-state index is 0.149. The number of methoxy groups -OCH3 is 2. The predicted molar refractivity (Wildman–Crippen MR) is 115 cm³/mol. The van der Waals surface area contributed by atoms with Gasteiger partial charge in [0.25, 0.3) is 0 Å². The van der Waals surface area contributed by atoms with Crippen LogP contribution in [0, 0.1) is 0 Å². The molecule has 1 aromatic heterocycles. The fourth-order valence-corrected chi connectivity index (χ4v) is 2.70. The van der Waals surface area contributed by atoms with Crippen LogP contribution in [-0.2, 0) is 13.0 Å². The van der Waals surface area contributed by atoms with Gasteiger partial charge in [0.2, 0.25) is 11.7 Å². The molecule has 154 valence electrons. The van der Waals surface area contributed by atoms with Gasteiger partial charge in [0.15, 0.2) is 11.5 Å². The van der Waals surface area contributed by atoms with Crippen LogP contribution in [0.5, 0.6) is 17.2 Å². The SMILES string of the molecule is CC.COc1cc(Cc2cnc(N)nc2N)cc(OC)c1OCc1ccccc1. The van der Waals surface area contributed by atoms with E-state index in [0.717, 1.165) is 16.7 Å². The number of benzene rings is 2. The summed E-state index contributed by atoms with van der Waals surface area (Å²) in [7, 11) is 3.18. The molecule has 0 saturated carbocycles. The lowest BCUT2D eigenvalue weighted by Crippen LogP contribution is -2.05. The molecule has 0 atom stereocenters. The van der Waals surface area contributed by atoms with Gasteiger partial charge in [-0.2, -0.15) is 4.98 Å². The summed E-state index contributed by atoms with van der Waals surface area (Å²) >= 11 is 0. The van der Waals surface area contributed by atoms with Gasteiger partial charge < -0.3 is 25.7 Å². The van der Waals surface area contributed by atoms with Crippen molar-refractivity contribution in [2.24, 2.45) is 0 Å². The molecule has 0 spiro atoms. The third kappa shape index (κ3) is 5.75. The highest BCUT2D eigenvalue weighted by Gasteiger charge is 2.16. The van der Waals surface area contributed by atoms with Gasteiger partial charge in [0.05, 0.1) is 14.2 Å². The number of nitrogens with zero attached hydrogens (tertiary/aromatic N) is 2. The number of anilines is 2. The van der Waals surface area contributed by atoms with E-state index in [1.807, 2.05) is 56.3 Å². The van der Waals surface area contributed by atoms with Crippen LogP contribution in [0.3, 0.4) is 0 Å². The van der Waals surface area contributed by atoms with E-state index in [-0.39, 0.29) is 5.95 Å². The molecule has 3 rings (SSSR count). The number of hydrogen-bond donors (Lipinski definition) is 2. The van der Waals surface area contributed by atoms with Crippen LogP contribution in [0.25, 0.3) is 0 Å². The molecule has 1 heterocycles. The Balaban J connectivity index is 0.00000145. The summed E-state index contributed by atoms with van der Waals surface area (Å²) in [4.78, 5) is 7.99. The van der Waals surface area contributed by atoms with Gasteiger partial charge in [-0.05, 0) is 23.3 Å². The first-order valence-corrected chi connectivity index (χ1v) is 9.39. The molecular formula is C22H28N4O3. The molecule has 0 aliphatic carbocycles. The summed E-state index contributed by atoms with van der Waals surface area (Å²) in [6, 6.07) is 13.7. The van der Waals surface area contributed by atoms with Crippen molar-refractivity contribution in [3.63, 3.8) is 0 Å². The summed E-state index contributed by atoms with van der Waals surface area (Å²) in [5.41, 5.74) is 14.2. The molecule has 0 aliphatic rings. The molecule has 0 aliphatic heterocycles. The summed E-state index contributed by atoms with van der Waals surface area (Å²) in [5, 5.41) is 0. The Morgan fingerprint density at radius 2 is 1.52 bits per heavy atom. The molecule has 29 heavy (non-hydrogen) atoms. The molecule has 2 aromatic carbocycles. The number of aromatic nitrogens is 2. The van der Waals surface area contributed by atoms with E-state index in [9.17, 15) is 0 Å². The molecule has 0 bridgehead atoms. The monoisotopic (exact) mass is 396 g/mol. The molecule has 4 N–H and O–H groups in total. The normalized spacial score (nSPS) is 9.93. The highest BCUT2D eigenvalue weighted by atomic mass is 16.5. The largest absolute Gasteiger partial charge is 0.493 e. The van der Waals surface area contributed by atoms with Crippen LogP contribution in [0.2, 0.25) is 0 Å². The lowest BCUT2D eigenvalue weighted by molar-refractivity contribution is 0.265. The van der Waals surface area contributed by atoms with E-state index in [1.54, 1.807) is 20.4 Å². The second-order valence-corrected chi connectivity index (χ2v) is 5.92. The summed E-state index contributed by atoms with van der Waals surface area (Å²) in [6.45, 7) is 4.41. The van der Waals surface area contributed by atoms with Crippen molar-refractivity contribution in [2.75, 3.05) is 25.7 Å². The third-order valence-corrected chi connectivity index (χ3v) is 4.06. The lowest BCUT2D eigenvalue weighted by atomic mass is 10.1. The number of hydrogen-bond acceptors (Lipinski definition) is 7. The average Bonchev–Trinajstić information content (AvgIpc) is 2.76. The number of ether oxygens (including phenoxy) is 3. The van der Waals surface area contributed by atoms with E-state index in [0.29, 0.717) is 36.1 Å². The molecule has 0 unspecified atom stereocenters. The van der Waals surface area contributed by atoms with Gasteiger partial charge in [0.1, 0.15) is 12.4 Å². The Labute approximate surface area is 171 Å². The van der Waals surface area contributed by atoms with Gasteiger partial charge in [0, 0.05) is 18.2 Å². The van der Waals surface area contributed by atoms with Gasteiger partial charge in [-0.1, -0.05) is 44.2 Å². The lowest BCUT2D eigenvalue weighted by Gasteiger charge is -2.16. The Hall–Kier alpha value is -3.48. The smallest absolute Gasteiger partial charge is 0.221 e. The zero-order valence-corrected chi connectivity index (χ0v) is 17.3. The van der Waals surface area contributed by atoms with Crippen LogP contribution >= 0.6 is 0 Å². The molecule has 7 heteroatoms. The van der Waals surface area contributed by atoms with E-state index < -0.39 is 0 Å². The average molecular weight is 396 g/mol. The maximum Gasteiger partial charge on any atom is 0.221 e. The first-order chi connectivity index (χ1) is 14.1. The second kappa shape index (κ2) is 10.8. The van der Waals surface area contributed by atoms with Crippen molar-refractivity contribution in [1.29, 1.82) is 0 Å². The van der Waals surface area contributed by atoms with Crippen LogP contribution in [-0.4, -0.2) is 24.2 Å². The molecule has 7 nitrogen and oxygen atoms in total. The van der Waals surface area contributed by atoms with Crippen LogP contribution < -0.4 is 25.7 Å². The topological polar surface area (TPSA) is 106 Å². The van der Waals surface area contributed by atoms with Crippen molar-refractivity contribution in [3.8, 4) is 17.2 Å². The first kappa shape index (κ1) is 21.8. The van der Waals surface area contributed by atoms with E-state index >= 15 is 0 Å². The fraction of sp³-hybridized carbons (Fsp3) is 0.273. The van der Waals surface area contributed by atoms with E-state index in [1.165, 1.54) is 0 Å². The first-order valence-electron chi connectivity index (χ1n) is 9.39. The summed E-state index contributed by atoms with van der Waals surface area (Å²) < 4.78 is 17.0. The number of nitrogens with two attached hydrogens (primary N) is 2. The fourth-order valence-electron chi connectivity index (χ4n) is 2.70. The van der Waals surface area contributed by atoms with Crippen LogP contribution in [0.4, 0.5) is 11.8 Å². The van der Waals surface area contributed by atoms with Gasteiger partial charge in [-0.15, -0.1) is 0 Å². The quantitative estimate of drug-likeness (QED) is 0.625. The Bertz CT molecular complexity index is 892. The standard InChI is InChI=1S/C20H22N4O3.C2H6/c1-25-16-9-14(8-15-11-23-20(22)24-19(15)21)10-17(26-2)18(16)27-12-13-6-4-3-5-7-13;1-2/h3-7,9-11H,8,12H2,1-2H3,(H4,21,22,23,24);1-2H3. The zero-order valence-electron chi connectivity index (χ0n) is 17.3. The zero-order chi connectivity index (χ0) is 21.2. The second-order valence-electron chi connectivity index (χ2n) is 5.92.